The first-order chi connectivity index (χ1) is 9.10. The monoisotopic (exact) mass is 359 g/mol. The lowest BCUT2D eigenvalue weighted by Gasteiger charge is -2.13. The molecule has 2 aromatic carbocycles. The molecule has 0 aliphatic carbocycles. The summed E-state index contributed by atoms with van der Waals surface area (Å²) < 4.78 is 6.77. The smallest absolute Gasteiger partial charge is 0.147 e. The molecule has 2 nitrogen and oxygen atoms in total. The fraction of sp³-hybridized carbons (Fsp3) is 0.143. The van der Waals surface area contributed by atoms with Crippen LogP contribution < -0.4 is 10.1 Å². The highest BCUT2D eigenvalue weighted by atomic mass is 79.9. The van der Waals surface area contributed by atoms with Gasteiger partial charge in [0.15, 0.2) is 0 Å². The molecule has 0 aromatic heterocycles. The van der Waals surface area contributed by atoms with Crippen LogP contribution in [0, 0.1) is 0 Å². The minimum Gasteiger partial charge on any atom is -0.455 e. The highest BCUT2D eigenvalue weighted by molar-refractivity contribution is 9.10. The van der Waals surface area contributed by atoms with Crippen LogP contribution in [0.1, 0.15) is 5.56 Å². The SMILES string of the molecule is CNCc1ccc(Cl)cc1Oc1cc(Br)ccc1Cl. The number of nitrogens with one attached hydrogen (secondary N) is 1. The zero-order valence-corrected chi connectivity index (χ0v) is 13.3. The lowest BCUT2D eigenvalue weighted by atomic mass is 10.2. The molecule has 0 unspecified atom stereocenters. The van der Waals surface area contributed by atoms with Crippen LogP contribution in [0.5, 0.6) is 11.5 Å². The number of halogens is 3. The number of hydrogen-bond acceptors (Lipinski definition) is 2. The molecule has 0 saturated carbocycles. The first-order valence-electron chi connectivity index (χ1n) is 5.66. The normalized spacial score (nSPS) is 10.5. The molecule has 2 rings (SSSR count). The van der Waals surface area contributed by atoms with Crippen LogP contribution in [-0.2, 0) is 6.54 Å². The van der Waals surface area contributed by atoms with E-state index in [1.807, 2.05) is 31.3 Å². The van der Waals surface area contributed by atoms with Crippen LogP contribution >= 0.6 is 39.1 Å². The Kier molecular flexibility index (Phi) is 5.11. The summed E-state index contributed by atoms with van der Waals surface area (Å²) in [6, 6.07) is 11.0. The third-order valence-electron chi connectivity index (χ3n) is 2.51. The van der Waals surface area contributed by atoms with Crippen LogP contribution in [0.2, 0.25) is 10.0 Å². The van der Waals surface area contributed by atoms with E-state index < -0.39 is 0 Å². The number of ether oxygens (including phenoxy) is 1. The molecule has 19 heavy (non-hydrogen) atoms. The van der Waals surface area contributed by atoms with Crippen LogP contribution in [0.15, 0.2) is 40.9 Å². The van der Waals surface area contributed by atoms with Crippen molar-refractivity contribution in [2.45, 2.75) is 6.54 Å². The lowest BCUT2D eigenvalue weighted by molar-refractivity contribution is 0.474. The molecule has 0 aliphatic rings. The van der Waals surface area contributed by atoms with Crippen molar-refractivity contribution >= 4 is 39.1 Å². The van der Waals surface area contributed by atoms with Gasteiger partial charge in [-0.25, -0.2) is 0 Å². The molecule has 0 spiro atoms. The number of benzene rings is 2. The first kappa shape index (κ1) is 14.7. The summed E-state index contributed by atoms with van der Waals surface area (Å²) in [4.78, 5) is 0. The van der Waals surface area contributed by atoms with Gasteiger partial charge in [0.1, 0.15) is 11.5 Å². The van der Waals surface area contributed by atoms with Crippen LogP contribution in [0.3, 0.4) is 0 Å². The first-order valence-corrected chi connectivity index (χ1v) is 7.21. The fourth-order valence-electron chi connectivity index (χ4n) is 1.63. The van der Waals surface area contributed by atoms with Gasteiger partial charge in [0.25, 0.3) is 0 Å². The third kappa shape index (κ3) is 3.86. The summed E-state index contributed by atoms with van der Waals surface area (Å²) in [7, 11) is 1.88. The molecule has 0 bridgehead atoms. The largest absolute Gasteiger partial charge is 0.455 e. The Morgan fingerprint density at radius 1 is 1.11 bits per heavy atom. The van der Waals surface area contributed by atoms with Crippen molar-refractivity contribution in [3.8, 4) is 11.5 Å². The van der Waals surface area contributed by atoms with Gasteiger partial charge in [-0.3, -0.25) is 0 Å². The third-order valence-corrected chi connectivity index (χ3v) is 3.55. The maximum absolute atomic E-state index is 6.12. The van der Waals surface area contributed by atoms with Crippen molar-refractivity contribution in [2.24, 2.45) is 0 Å². The second-order valence-corrected chi connectivity index (χ2v) is 5.72. The van der Waals surface area contributed by atoms with Crippen molar-refractivity contribution in [1.29, 1.82) is 0 Å². The van der Waals surface area contributed by atoms with Gasteiger partial charge in [-0.2, -0.15) is 0 Å². The van der Waals surface area contributed by atoms with Gasteiger partial charge in [-0.15, -0.1) is 0 Å². The molecular weight excluding hydrogens is 349 g/mol. The highest BCUT2D eigenvalue weighted by Crippen LogP contribution is 2.34. The maximum atomic E-state index is 6.12. The van der Waals surface area contributed by atoms with Crippen molar-refractivity contribution < 1.29 is 4.74 Å². The zero-order chi connectivity index (χ0) is 13.8. The zero-order valence-electron chi connectivity index (χ0n) is 10.2. The Balaban J connectivity index is 2.36. The minimum atomic E-state index is 0.554. The van der Waals surface area contributed by atoms with Crippen molar-refractivity contribution in [1.82, 2.24) is 5.32 Å². The van der Waals surface area contributed by atoms with Crippen LogP contribution in [-0.4, -0.2) is 7.05 Å². The second-order valence-electron chi connectivity index (χ2n) is 3.96. The average molecular weight is 361 g/mol. The summed E-state index contributed by atoms with van der Waals surface area (Å²) in [6.07, 6.45) is 0. The van der Waals surface area contributed by atoms with Crippen LogP contribution in [0.25, 0.3) is 0 Å². The van der Waals surface area contributed by atoms with Gasteiger partial charge >= 0.3 is 0 Å². The molecule has 0 radical (unpaired) electrons. The highest BCUT2D eigenvalue weighted by Gasteiger charge is 2.09. The van der Waals surface area contributed by atoms with E-state index >= 15 is 0 Å². The van der Waals surface area contributed by atoms with E-state index in [0.717, 1.165) is 10.0 Å². The predicted molar refractivity (Wildman–Crippen MR) is 83.4 cm³/mol. The van der Waals surface area contributed by atoms with E-state index in [0.29, 0.717) is 28.1 Å². The summed E-state index contributed by atoms with van der Waals surface area (Å²) in [5, 5.41) is 4.27. The molecule has 0 saturated heterocycles. The lowest BCUT2D eigenvalue weighted by Crippen LogP contribution is -2.06. The molecule has 5 heteroatoms. The van der Waals surface area contributed by atoms with Crippen molar-refractivity contribution in [3.05, 3.63) is 56.5 Å². The second kappa shape index (κ2) is 6.62. The Labute approximate surface area is 130 Å². The molecule has 0 aliphatic heterocycles. The molecule has 2 aromatic rings. The molecule has 100 valence electrons. The van der Waals surface area contributed by atoms with Gasteiger partial charge in [-0.05, 0) is 37.4 Å². The topological polar surface area (TPSA) is 21.3 Å². The van der Waals surface area contributed by atoms with Crippen LogP contribution in [0.4, 0.5) is 0 Å². The predicted octanol–water partition coefficient (Wildman–Crippen LogP) is 5.27. The van der Waals surface area contributed by atoms with E-state index in [1.54, 1.807) is 12.1 Å². The van der Waals surface area contributed by atoms with E-state index in [4.69, 9.17) is 27.9 Å². The summed E-state index contributed by atoms with van der Waals surface area (Å²) in [6.45, 7) is 0.693. The molecule has 0 amide bonds. The molecule has 0 fully saturated rings. The van der Waals surface area contributed by atoms with E-state index in [9.17, 15) is 0 Å². The van der Waals surface area contributed by atoms with Gasteiger partial charge < -0.3 is 10.1 Å². The summed E-state index contributed by atoms with van der Waals surface area (Å²) >= 11 is 15.5. The number of hydrogen-bond donors (Lipinski definition) is 1. The van der Waals surface area contributed by atoms with E-state index in [2.05, 4.69) is 21.2 Å². The van der Waals surface area contributed by atoms with Gasteiger partial charge in [0, 0.05) is 21.6 Å². The number of rotatable bonds is 4. The Morgan fingerprint density at radius 3 is 2.63 bits per heavy atom. The average Bonchev–Trinajstić information content (AvgIpc) is 2.37. The van der Waals surface area contributed by atoms with E-state index in [-0.39, 0.29) is 0 Å². The Morgan fingerprint density at radius 2 is 1.89 bits per heavy atom. The Bertz CT molecular complexity index is 590. The molecular formula is C14H12BrCl2NO. The standard InChI is InChI=1S/C14H12BrCl2NO/c1-18-8-9-2-4-11(16)7-13(9)19-14-6-10(15)3-5-12(14)17/h2-7,18H,8H2,1H3. The maximum Gasteiger partial charge on any atom is 0.147 e. The summed E-state index contributed by atoms with van der Waals surface area (Å²) in [5.74, 6) is 1.29. The molecule has 0 atom stereocenters. The summed E-state index contributed by atoms with van der Waals surface area (Å²) in [5.41, 5.74) is 1.02. The van der Waals surface area contributed by atoms with Gasteiger partial charge in [0.05, 0.1) is 5.02 Å². The van der Waals surface area contributed by atoms with Crippen molar-refractivity contribution in [3.63, 3.8) is 0 Å². The van der Waals surface area contributed by atoms with Gasteiger partial charge in [-0.1, -0.05) is 45.2 Å². The molecule has 1 N–H and O–H groups in total. The molecule has 0 heterocycles. The van der Waals surface area contributed by atoms with Crippen molar-refractivity contribution in [2.75, 3.05) is 7.05 Å². The fourth-order valence-corrected chi connectivity index (χ4v) is 2.29. The quantitative estimate of drug-likeness (QED) is 0.802. The van der Waals surface area contributed by atoms with Gasteiger partial charge in [0.2, 0.25) is 0 Å². The van der Waals surface area contributed by atoms with E-state index in [1.165, 1.54) is 0 Å². The minimum absolute atomic E-state index is 0.554. The Hall–Kier alpha value is -0.740.